The smallest absolute Gasteiger partial charge is 0.251 e. The number of aryl methyl sites for hydroxylation is 3. The predicted octanol–water partition coefficient (Wildman–Crippen LogP) is 4.55. The highest BCUT2D eigenvalue weighted by Gasteiger charge is 2.13. The third-order valence-electron chi connectivity index (χ3n) is 4.99. The molecule has 0 saturated heterocycles. The van der Waals surface area contributed by atoms with Gasteiger partial charge in [0.1, 0.15) is 16.5 Å². The van der Waals surface area contributed by atoms with E-state index in [1.165, 1.54) is 10.4 Å². The molecule has 1 amide bonds. The van der Waals surface area contributed by atoms with Crippen LogP contribution in [0.1, 0.15) is 37.7 Å². The van der Waals surface area contributed by atoms with Gasteiger partial charge in [0.15, 0.2) is 0 Å². The molecule has 0 fully saturated rings. The van der Waals surface area contributed by atoms with Gasteiger partial charge in [0.2, 0.25) is 0 Å². The standard InChI is InChI=1S/C23H23N5OS/c1-14-15(2)30-23-20(14)21(27-16(3)28-23)25-12-17-6-8-19(9-7-17)22(29)26-13-18-5-4-10-24-11-18/h4-11H,12-13H2,1-3H3,(H,26,29)(H,25,27,28). The highest BCUT2D eigenvalue weighted by molar-refractivity contribution is 7.18. The highest BCUT2D eigenvalue weighted by atomic mass is 32.1. The highest BCUT2D eigenvalue weighted by Crippen LogP contribution is 2.33. The van der Waals surface area contributed by atoms with Crippen molar-refractivity contribution in [2.45, 2.75) is 33.9 Å². The second kappa shape index (κ2) is 8.59. The fraction of sp³-hybridized carbons (Fsp3) is 0.217. The van der Waals surface area contributed by atoms with Gasteiger partial charge in [0.05, 0.1) is 5.39 Å². The summed E-state index contributed by atoms with van der Waals surface area (Å²) in [6.07, 6.45) is 3.46. The topological polar surface area (TPSA) is 79.8 Å². The summed E-state index contributed by atoms with van der Waals surface area (Å²) in [5.74, 6) is 1.51. The van der Waals surface area contributed by atoms with E-state index < -0.39 is 0 Å². The van der Waals surface area contributed by atoms with Crippen LogP contribution in [-0.2, 0) is 13.1 Å². The van der Waals surface area contributed by atoms with Crippen molar-refractivity contribution < 1.29 is 4.79 Å². The molecule has 0 unspecified atom stereocenters. The predicted molar refractivity (Wildman–Crippen MR) is 121 cm³/mol. The Balaban J connectivity index is 1.42. The van der Waals surface area contributed by atoms with Crippen LogP contribution in [0.25, 0.3) is 10.2 Å². The molecule has 7 heteroatoms. The van der Waals surface area contributed by atoms with Crippen molar-refractivity contribution in [1.29, 1.82) is 0 Å². The van der Waals surface area contributed by atoms with E-state index in [9.17, 15) is 4.79 Å². The second-order valence-electron chi connectivity index (χ2n) is 7.18. The van der Waals surface area contributed by atoms with Gasteiger partial charge in [-0.2, -0.15) is 0 Å². The van der Waals surface area contributed by atoms with Gasteiger partial charge in [-0.25, -0.2) is 9.97 Å². The van der Waals surface area contributed by atoms with Gasteiger partial charge in [0.25, 0.3) is 5.91 Å². The van der Waals surface area contributed by atoms with Crippen LogP contribution in [0.3, 0.4) is 0 Å². The Morgan fingerprint density at radius 2 is 1.80 bits per heavy atom. The Hall–Kier alpha value is -3.32. The maximum absolute atomic E-state index is 12.4. The van der Waals surface area contributed by atoms with Crippen molar-refractivity contribution in [3.05, 3.63) is 81.7 Å². The Kier molecular flexibility index (Phi) is 5.72. The molecule has 0 spiro atoms. The van der Waals surface area contributed by atoms with Gasteiger partial charge < -0.3 is 10.6 Å². The monoisotopic (exact) mass is 417 g/mol. The van der Waals surface area contributed by atoms with Crippen molar-refractivity contribution >= 4 is 33.3 Å². The minimum atomic E-state index is -0.101. The molecular weight excluding hydrogens is 394 g/mol. The van der Waals surface area contributed by atoms with Gasteiger partial charge in [-0.1, -0.05) is 18.2 Å². The van der Waals surface area contributed by atoms with Crippen molar-refractivity contribution in [3.8, 4) is 0 Å². The molecule has 4 aromatic rings. The van der Waals surface area contributed by atoms with E-state index >= 15 is 0 Å². The Morgan fingerprint density at radius 3 is 2.53 bits per heavy atom. The van der Waals surface area contributed by atoms with Crippen molar-refractivity contribution in [2.24, 2.45) is 0 Å². The van der Waals surface area contributed by atoms with Crippen molar-refractivity contribution in [1.82, 2.24) is 20.3 Å². The molecule has 0 atom stereocenters. The lowest BCUT2D eigenvalue weighted by atomic mass is 10.1. The molecule has 3 aromatic heterocycles. The first-order chi connectivity index (χ1) is 14.5. The first kappa shape index (κ1) is 20.0. The lowest BCUT2D eigenvalue weighted by molar-refractivity contribution is 0.0951. The molecule has 2 N–H and O–H groups in total. The summed E-state index contributed by atoms with van der Waals surface area (Å²) in [6.45, 7) is 7.21. The number of benzene rings is 1. The number of thiophene rings is 1. The van der Waals surface area contributed by atoms with Crippen LogP contribution < -0.4 is 10.6 Å². The number of carbonyl (C=O) groups excluding carboxylic acids is 1. The van der Waals surface area contributed by atoms with Gasteiger partial charge >= 0.3 is 0 Å². The summed E-state index contributed by atoms with van der Waals surface area (Å²) in [7, 11) is 0. The lowest BCUT2D eigenvalue weighted by Crippen LogP contribution is -2.22. The van der Waals surface area contributed by atoms with E-state index in [1.807, 2.05) is 43.3 Å². The number of amides is 1. The normalized spacial score (nSPS) is 10.9. The fourth-order valence-corrected chi connectivity index (χ4v) is 4.31. The zero-order chi connectivity index (χ0) is 21.1. The number of aromatic nitrogens is 3. The third-order valence-corrected chi connectivity index (χ3v) is 6.09. The number of nitrogens with one attached hydrogen (secondary N) is 2. The van der Waals surface area contributed by atoms with Gasteiger partial charge in [-0.3, -0.25) is 9.78 Å². The fourth-order valence-electron chi connectivity index (χ4n) is 3.23. The SMILES string of the molecule is Cc1nc(NCc2ccc(C(=O)NCc3cccnc3)cc2)c2c(C)c(C)sc2n1. The minimum Gasteiger partial charge on any atom is -0.365 e. The summed E-state index contributed by atoms with van der Waals surface area (Å²) >= 11 is 1.70. The van der Waals surface area contributed by atoms with E-state index in [4.69, 9.17) is 0 Å². The minimum absolute atomic E-state index is 0.101. The molecule has 0 aliphatic heterocycles. The molecule has 152 valence electrons. The number of nitrogens with zero attached hydrogens (tertiary/aromatic N) is 3. The molecule has 6 nitrogen and oxygen atoms in total. The molecule has 3 heterocycles. The second-order valence-corrected chi connectivity index (χ2v) is 8.38. The Morgan fingerprint density at radius 1 is 1.00 bits per heavy atom. The number of rotatable bonds is 6. The average molecular weight is 418 g/mol. The first-order valence-electron chi connectivity index (χ1n) is 9.75. The number of pyridine rings is 1. The van der Waals surface area contributed by atoms with Crippen LogP contribution in [-0.4, -0.2) is 20.9 Å². The quantitative estimate of drug-likeness (QED) is 0.481. The zero-order valence-corrected chi connectivity index (χ0v) is 18.0. The average Bonchev–Trinajstić information content (AvgIpc) is 3.04. The molecule has 4 rings (SSSR count). The molecule has 1 aromatic carbocycles. The maximum atomic E-state index is 12.4. The van der Waals surface area contributed by atoms with E-state index in [-0.39, 0.29) is 5.91 Å². The lowest BCUT2D eigenvalue weighted by Gasteiger charge is -2.10. The summed E-state index contributed by atoms with van der Waals surface area (Å²) in [4.78, 5) is 27.9. The van der Waals surface area contributed by atoms with E-state index in [0.717, 1.165) is 33.0 Å². The van der Waals surface area contributed by atoms with Gasteiger partial charge in [-0.05, 0) is 55.7 Å². The number of hydrogen-bond donors (Lipinski definition) is 2. The van der Waals surface area contributed by atoms with Crippen LogP contribution in [0.2, 0.25) is 0 Å². The first-order valence-corrected chi connectivity index (χ1v) is 10.6. The molecule has 0 aliphatic carbocycles. The summed E-state index contributed by atoms with van der Waals surface area (Å²) in [5, 5.41) is 7.45. The summed E-state index contributed by atoms with van der Waals surface area (Å²) < 4.78 is 0. The number of anilines is 1. The van der Waals surface area contributed by atoms with E-state index in [2.05, 4.69) is 39.4 Å². The Labute approximate surface area is 179 Å². The van der Waals surface area contributed by atoms with Crippen LogP contribution in [0, 0.1) is 20.8 Å². The Bertz CT molecular complexity index is 1190. The summed E-state index contributed by atoms with van der Waals surface area (Å²) in [6, 6.07) is 11.4. The van der Waals surface area contributed by atoms with Crippen LogP contribution in [0.15, 0.2) is 48.8 Å². The number of fused-ring (bicyclic) bond motifs is 1. The van der Waals surface area contributed by atoms with Crippen LogP contribution in [0.5, 0.6) is 0 Å². The zero-order valence-electron chi connectivity index (χ0n) is 17.2. The maximum Gasteiger partial charge on any atom is 0.251 e. The molecule has 30 heavy (non-hydrogen) atoms. The number of hydrogen-bond acceptors (Lipinski definition) is 6. The van der Waals surface area contributed by atoms with Crippen molar-refractivity contribution in [2.75, 3.05) is 5.32 Å². The van der Waals surface area contributed by atoms with Gasteiger partial charge in [0, 0.05) is 35.9 Å². The van der Waals surface area contributed by atoms with Crippen LogP contribution >= 0.6 is 11.3 Å². The van der Waals surface area contributed by atoms with E-state index in [0.29, 0.717) is 18.7 Å². The van der Waals surface area contributed by atoms with E-state index in [1.54, 1.807) is 23.7 Å². The van der Waals surface area contributed by atoms with Crippen LogP contribution in [0.4, 0.5) is 5.82 Å². The number of carbonyl (C=O) groups is 1. The third kappa shape index (κ3) is 4.31. The molecule has 0 aliphatic rings. The summed E-state index contributed by atoms with van der Waals surface area (Å²) in [5.41, 5.74) is 3.90. The van der Waals surface area contributed by atoms with Crippen molar-refractivity contribution in [3.63, 3.8) is 0 Å². The molecular formula is C23H23N5OS. The molecule has 0 saturated carbocycles. The van der Waals surface area contributed by atoms with Gasteiger partial charge in [-0.15, -0.1) is 11.3 Å². The molecule has 0 bridgehead atoms. The largest absolute Gasteiger partial charge is 0.365 e. The molecule has 0 radical (unpaired) electrons.